The first-order valence-corrected chi connectivity index (χ1v) is 7.97. The first kappa shape index (κ1) is 12.9. The first-order chi connectivity index (χ1) is 8.95. The third kappa shape index (κ3) is 2.34. The summed E-state index contributed by atoms with van der Waals surface area (Å²) in [6.45, 7) is 0.397. The zero-order chi connectivity index (χ0) is 13.7. The molecule has 2 fully saturated rings. The first-order valence-electron chi connectivity index (χ1n) is 6.48. The number of nitrogens with one attached hydrogen (secondary N) is 1. The molecule has 0 atom stereocenters. The van der Waals surface area contributed by atoms with Gasteiger partial charge in [0, 0.05) is 6.54 Å². The van der Waals surface area contributed by atoms with E-state index >= 15 is 0 Å². The monoisotopic (exact) mass is 284 g/mol. The van der Waals surface area contributed by atoms with Gasteiger partial charge in [-0.25, -0.2) is 17.5 Å². The Morgan fingerprint density at radius 2 is 2.05 bits per heavy atom. The normalized spacial score (nSPS) is 21.3. The third-order valence-corrected chi connectivity index (χ3v) is 5.71. The van der Waals surface area contributed by atoms with Crippen molar-refractivity contribution in [1.29, 1.82) is 0 Å². The molecule has 6 heteroatoms. The van der Waals surface area contributed by atoms with Gasteiger partial charge < -0.3 is 5.73 Å². The molecule has 1 aromatic carbocycles. The second kappa shape index (κ2) is 4.18. The summed E-state index contributed by atoms with van der Waals surface area (Å²) in [4.78, 5) is -0.429. The smallest absolute Gasteiger partial charge is 0.245 e. The fourth-order valence-electron chi connectivity index (χ4n) is 2.71. The summed E-state index contributed by atoms with van der Waals surface area (Å²) < 4.78 is 40.5. The lowest BCUT2D eigenvalue weighted by Gasteiger charge is -2.16. The molecule has 0 amide bonds. The number of anilines is 1. The van der Waals surface area contributed by atoms with E-state index in [1.54, 1.807) is 0 Å². The molecule has 0 radical (unpaired) electrons. The van der Waals surface area contributed by atoms with Crippen molar-refractivity contribution >= 4 is 15.7 Å². The minimum atomic E-state index is -3.87. The van der Waals surface area contributed by atoms with Gasteiger partial charge in [0.25, 0.3) is 0 Å². The van der Waals surface area contributed by atoms with Crippen LogP contribution >= 0.6 is 0 Å². The molecule has 2 aliphatic carbocycles. The van der Waals surface area contributed by atoms with Crippen molar-refractivity contribution in [3.8, 4) is 0 Å². The number of rotatable bonds is 5. The second-order valence-electron chi connectivity index (χ2n) is 5.62. The predicted molar refractivity (Wildman–Crippen MR) is 70.4 cm³/mol. The second-order valence-corrected chi connectivity index (χ2v) is 7.32. The number of nitrogens with two attached hydrogens (primary N) is 1. The molecule has 2 saturated carbocycles. The zero-order valence-corrected chi connectivity index (χ0v) is 11.3. The molecule has 0 unspecified atom stereocenters. The Morgan fingerprint density at radius 1 is 1.37 bits per heavy atom. The summed E-state index contributed by atoms with van der Waals surface area (Å²) in [5, 5.41) is 0. The average molecular weight is 284 g/mol. The quantitative estimate of drug-likeness (QED) is 0.811. The Labute approximate surface area is 112 Å². The fraction of sp³-hybridized carbons (Fsp3) is 0.538. The van der Waals surface area contributed by atoms with Crippen LogP contribution in [0, 0.1) is 17.2 Å². The zero-order valence-electron chi connectivity index (χ0n) is 10.5. The highest BCUT2D eigenvalue weighted by molar-refractivity contribution is 7.89. The molecule has 3 rings (SSSR count). The topological polar surface area (TPSA) is 72.2 Å². The molecular formula is C13H17FN2O2S. The van der Waals surface area contributed by atoms with E-state index in [9.17, 15) is 12.8 Å². The highest BCUT2D eigenvalue weighted by Crippen LogP contribution is 2.60. The lowest BCUT2D eigenvalue weighted by atomic mass is 10.0. The molecule has 0 heterocycles. The Morgan fingerprint density at radius 3 is 2.58 bits per heavy atom. The van der Waals surface area contributed by atoms with Crippen LogP contribution in [-0.4, -0.2) is 15.0 Å². The van der Waals surface area contributed by atoms with E-state index in [0.29, 0.717) is 12.5 Å². The summed E-state index contributed by atoms with van der Waals surface area (Å²) in [7, 11) is -3.87. The standard InChI is InChI=1S/C13H17FN2O2S/c14-10-2-1-3-11(15)12(10)19(17,18)16-8-13(6-7-13)9-4-5-9/h1-3,9,16H,4-8,15H2. The molecule has 1 aromatic rings. The van der Waals surface area contributed by atoms with E-state index in [2.05, 4.69) is 4.72 Å². The van der Waals surface area contributed by atoms with Gasteiger partial charge in [-0.1, -0.05) is 6.07 Å². The summed E-state index contributed by atoms with van der Waals surface area (Å²) >= 11 is 0. The van der Waals surface area contributed by atoms with Crippen molar-refractivity contribution in [2.75, 3.05) is 12.3 Å². The predicted octanol–water partition coefficient (Wildman–Crippen LogP) is 1.88. The summed E-state index contributed by atoms with van der Waals surface area (Å²) in [6.07, 6.45) is 4.49. The SMILES string of the molecule is Nc1cccc(F)c1S(=O)(=O)NCC1(C2CC2)CC1. The van der Waals surface area contributed by atoms with Gasteiger partial charge in [0.15, 0.2) is 0 Å². The van der Waals surface area contributed by atoms with Crippen molar-refractivity contribution in [3.05, 3.63) is 24.0 Å². The maximum atomic E-state index is 13.7. The summed E-state index contributed by atoms with van der Waals surface area (Å²) in [5.74, 6) is -0.156. The van der Waals surface area contributed by atoms with Gasteiger partial charge in [-0.15, -0.1) is 0 Å². The summed E-state index contributed by atoms with van der Waals surface area (Å²) in [6, 6.07) is 3.90. The highest BCUT2D eigenvalue weighted by Gasteiger charge is 2.53. The molecule has 0 bridgehead atoms. The molecule has 4 nitrogen and oxygen atoms in total. The lowest BCUT2D eigenvalue weighted by molar-refractivity contribution is 0.431. The molecule has 0 aliphatic heterocycles. The number of hydrogen-bond acceptors (Lipinski definition) is 3. The number of halogens is 1. The van der Waals surface area contributed by atoms with Gasteiger partial charge in [0.1, 0.15) is 10.7 Å². The maximum Gasteiger partial charge on any atom is 0.245 e. The number of hydrogen-bond donors (Lipinski definition) is 2. The maximum absolute atomic E-state index is 13.7. The van der Waals surface area contributed by atoms with Crippen LogP contribution in [-0.2, 0) is 10.0 Å². The lowest BCUT2D eigenvalue weighted by Crippen LogP contribution is -2.32. The average Bonchev–Trinajstić information content (AvgIpc) is 3.19. The molecular weight excluding hydrogens is 267 g/mol. The Kier molecular flexibility index (Phi) is 2.83. The van der Waals surface area contributed by atoms with E-state index in [-0.39, 0.29) is 11.1 Å². The van der Waals surface area contributed by atoms with Crippen LogP contribution in [0.3, 0.4) is 0 Å². The van der Waals surface area contributed by atoms with Gasteiger partial charge in [-0.05, 0) is 49.1 Å². The number of nitrogen functional groups attached to an aromatic ring is 1. The Bertz CT molecular complexity index is 587. The Balaban J connectivity index is 1.79. The molecule has 104 valence electrons. The van der Waals surface area contributed by atoms with Crippen molar-refractivity contribution in [3.63, 3.8) is 0 Å². The highest BCUT2D eigenvalue weighted by atomic mass is 32.2. The molecule has 0 aromatic heterocycles. The van der Waals surface area contributed by atoms with Gasteiger partial charge in [0.05, 0.1) is 5.69 Å². The van der Waals surface area contributed by atoms with E-state index < -0.39 is 20.7 Å². The number of sulfonamides is 1. The van der Waals surface area contributed by atoms with Crippen LogP contribution in [0.15, 0.2) is 23.1 Å². The third-order valence-electron chi connectivity index (χ3n) is 4.22. The van der Waals surface area contributed by atoms with Crippen LogP contribution in [0.4, 0.5) is 10.1 Å². The van der Waals surface area contributed by atoms with E-state index in [0.717, 1.165) is 18.9 Å². The van der Waals surface area contributed by atoms with E-state index in [1.807, 2.05) is 0 Å². The van der Waals surface area contributed by atoms with E-state index in [4.69, 9.17) is 5.73 Å². The minimum absolute atomic E-state index is 0.0521. The van der Waals surface area contributed by atoms with Crippen LogP contribution in [0.25, 0.3) is 0 Å². The van der Waals surface area contributed by atoms with Crippen molar-refractivity contribution in [2.45, 2.75) is 30.6 Å². The minimum Gasteiger partial charge on any atom is -0.398 e. The van der Waals surface area contributed by atoms with Crippen LogP contribution in [0.2, 0.25) is 0 Å². The molecule has 2 aliphatic rings. The largest absolute Gasteiger partial charge is 0.398 e. The van der Waals surface area contributed by atoms with Gasteiger partial charge in [-0.2, -0.15) is 0 Å². The Hall–Kier alpha value is -1.14. The van der Waals surface area contributed by atoms with Gasteiger partial charge in [0.2, 0.25) is 10.0 Å². The van der Waals surface area contributed by atoms with Gasteiger partial charge in [-0.3, -0.25) is 0 Å². The molecule has 0 spiro atoms. The van der Waals surface area contributed by atoms with Gasteiger partial charge >= 0.3 is 0 Å². The van der Waals surface area contributed by atoms with E-state index in [1.165, 1.54) is 25.0 Å². The molecule has 0 saturated heterocycles. The van der Waals surface area contributed by atoms with Crippen LogP contribution in [0.5, 0.6) is 0 Å². The van der Waals surface area contributed by atoms with Crippen molar-refractivity contribution in [1.82, 2.24) is 4.72 Å². The molecule has 3 N–H and O–H groups in total. The van der Waals surface area contributed by atoms with Crippen molar-refractivity contribution < 1.29 is 12.8 Å². The summed E-state index contributed by atoms with van der Waals surface area (Å²) in [5.41, 5.74) is 5.66. The molecule has 19 heavy (non-hydrogen) atoms. The van der Waals surface area contributed by atoms with Crippen molar-refractivity contribution in [2.24, 2.45) is 11.3 Å². The fourth-order valence-corrected chi connectivity index (χ4v) is 4.03. The van der Waals surface area contributed by atoms with Crippen LogP contribution in [0.1, 0.15) is 25.7 Å². The number of benzene rings is 1. The van der Waals surface area contributed by atoms with Crippen LogP contribution < -0.4 is 10.5 Å².